The third kappa shape index (κ3) is 6.34. The van der Waals surface area contributed by atoms with Crippen molar-refractivity contribution >= 4 is 5.91 Å². The fourth-order valence-corrected chi connectivity index (χ4v) is 1.04. The van der Waals surface area contributed by atoms with E-state index in [4.69, 9.17) is 5.73 Å². The van der Waals surface area contributed by atoms with Crippen molar-refractivity contribution in [2.75, 3.05) is 6.54 Å². The van der Waals surface area contributed by atoms with Gasteiger partial charge in [0.1, 0.15) is 0 Å². The van der Waals surface area contributed by atoms with Crippen LogP contribution in [0.2, 0.25) is 0 Å². The fraction of sp³-hybridized carbons (Fsp3) is 0.700. The third-order valence-electron chi connectivity index (χ3n) is 1.86. The predicted octanol–water partition coefficient (Wildman–Crippen LogP) is 1.05. The number of hydrogen-bond donors (Lipinski definition) is 2. The van der Waals surface area contributed by atoms with E-state index in [1.807, 2.05) is 13.8 Å². The summed E-state index contributed by atoms with van der Waals surface area (Å²) in [7, 11) is 0. The van der Waals surface area contributed by atoms with Gasteiger partial charge >= 0.3 is 0 Å². The molecule has 1 amide bonds. The van der Waals surface area contributed by atoms with Gasteiger partial charge in [0, 0.05) is 12.5 Å². The first-order valence-electron chi connectivity index (χ1n) is 4.70. The second kappa shape index (κ2) is 6.66. The number of hydrogen-bond acceptors (Lipinski definition) is 2. The molecule has 0 radical (unpaired) electrons. The minimum absolute atomic E-state index is 0.0762. The summed E-state index contributed by atoms with van der Waals surface area (Å²) in [6.07, 6.45) is 3.12. The maximum absolute atomic E-state index is 11.3. The molecular weight excluding hydrogens is 164 g/mol. The molecule has 0 aliphatic rings. The average molecular weight is 184 g/mol. The predicted molar refractivity (Wildman–Crippen MR) is 55.3 cm³/mol. The van der Waals surface area contributed by atoms with Crippen molar-refractivity contribution in [3.8, 4) is 0 Å². The Hall–Kier alpha value is -0.830. The monoisotopic (exact) mass is 184 g/mol. The molecule has 0 saturated heterocycles. The van der Waals surface area contributed by atoms with E-state index in [2.05, 4.69) is 11.9 Å². The van der Waals surface area contributed by atoms with Gasteiger partial charge in [-0.15, -0.1) is 6.58 Å². The first-order chi connectivity index (χ1) is 6.10. The van der Waals surface area contributed by atoms with Crippen molar-refractivity contribution in [1.29, 1.82) is 0 Å². The SMILES string of the molecule is C=CCC(C)NC(=O)CC(C)CN. The average Bonchev–Trinajstić information content (AvgIpc) is 2.04. The molecule has 0 aromatic rings. The summed E-state index contributed by atoms with van der Waals surface area (Å²) in [4.78, 5) is 11.3. The largest absolute Gasteiger partial charge is 0.353 e. The van der Waals surface area contributed by atoms with E-state index in [9.17, 15) is 4.79 Å². The molecule has 3 heteroatoms. The fourth-order valence-electron chi connectivity index (χ4n) is 1.04. The van der Waals surface area contributed by atoms with Gasteiger partial charge in [-0.1, -0.05) is 13.0 Å². The van der Waals surface area contributed by atoms with Gasteiger partial charge in [-0.2, -0.15) is 0 Å². The summed E-state index contributed by atoms with van der Waals surface area (Å²) >= 11 is 0. The first kappa shape index (κ1) is 12.2. The molecule has 0 aliphatic carbocycles. The molecule has 0 aromatic carbocycles. The van der Waals surface area contributed by atoms with E-state index in [0.717, 1.165) is 6.42 Å². The Labute approximate surface area is 80.4 Å². The van der Waals surface area contributed by atoms with Gasteiger partial charge in [-0.3, -0.25) is 4.79 Å². The van der Waals surface area contributed by atoms with Crippen LogP contribution in [0.25, 0.3) is 0 Å². The van der Waals surface area contributed by atoms with Crippen LogP contribution in [0.1, 0.15) is 26.7 Å². The highest BCUT2D eigenvalue weighted by Crippen LogP contribution is 1.99. The molecule has 13 heavy (non-hydrogen) atoms. The molecule has 3 nitrogen and oxygen atoms in total. The number of rotatable bonds is 6. The van der Waals surface area contributed by atoms with Gasteiger partial charge in [0.15, 0.2) is 0 Å². The summed E-state index contributed by atoms with van der Waals surface area (Å²) < 4.78 is 0. The Kier molecular flexibility index (Phi) is 6.24. The van der Waals surface area contributed by atoms with Crippen molar-refractivity contribution in [2.24, 2.45) is 11.7 Å². The number of carbonyl (C=O) groups excluding carboxylic acids is 1. The summed E-state index contributed by atoms with van der Waals surface area (Å²) in [6.45, 7) is 8.11. The Morgan fingerprint density at radius 3 is 2.69 bits per heavy atom. The molecule has 0 aliphatic heterocycles. The Morgan fingerprint density at radius 1 is 1.62 bits per heavy atom. The normalized spacial score (nSPS) is 14.7. The lowest BCUT2D eigenvalue weighted by molar-refractivity contribution is -0.122. The van der Waals surface area contributed by atoms with Gasteiger partial charge in [0.2, 0.25) is 5.91 Å². The van der Waals surface area contributed by atoms with E-state index in [0.29, 0.717) is 13.0 Å². The summed E-state index contributed by atoms with van der Waals surface area (Å²) in [5.74, 6) is 0.336. The highest BCUT2D eigenvalue weighted by Gasteiger charge is 2.09. The van der Waals surface area contributed by atoms with Crippen molar-refractivity contribution in [2.45, 2.75) is 32.7 Å². The van der Waals surface area contributed by atoms with Crippen LogP contribution in [0, 0.1) is 5.92 Å². The highest BCUT2D eigenvalue weighted by molar-refractivity contribution is 5.76. The topological polar surface area (TPSA) is 55.1 Å². The summed E-state index contributed by atoms with van der Waals surface area (Å²) in [5.41, 5.74) is 5.41. The first-order valence-corrected chi connectivity index (χ1v) is 4.70. The second-order valence-electron chi connectivity index (χ2n) is 3.54. The second-order valence-corrected chi connectivity index (χ2v) is 3.54. The zero-order valence-electron chi connectivity index (χ0n) is 8.55. The molecule has 0 rings (SSSR count). The van der Waals surface area contributed by atoms with Crippen LogP contribution in [0.5, 0.6) is 0 Å². The van der Waals surface area contributed by atoms with Gasteiger partial charge in [0.05, 0.1) is 0 Å². The van der Waals surface area contributed by atoms with Crippen LogP contribution in [0.3, 0.4) is 0 Å². The van der Waals surface area contributed by atoms with Crippen molar-refractivity contribution < 1.29 is 4.79 Å². The zero-order chi connectivity index (χ0) is 10.3. The minimum Gasteiger partial charge on any atom is -0.353 e. The van der Waals surface area contributed by atoms with Crippen molar-refractivity contribution in [3.63, 3.8) is 0 Å². The van der Waals surface area contributed by atoms with Gasteiger partial charge < -0.3 is 11.1 Å². The minimum atomic E-state index is 0.0762. The molecule has 2 atom stereocenters. The van der Waals surface area contributed by atoms with Crippen molar-refractivity contribution in [1.82, 2.24) is 5.32 Å². The molecule has 3 N–H and O–H groups in total. The Balaban J connectivity index is 3.66. The lowest BCUT2D eigenvalue weighted by Crippen LogP contribution is -2.33. The third-order valence-corrected chi connectivity index (χ3v) is 1.86. The van der Waals surface area contributed by atoms with Crippen LogP contribution in [-0.4, -0.2) is 18.5 Å². The zero-order valence-corrected chi connectivity index (χ0v) is 8.55. The maximum atomic E-state index is 11.3. The standard InChI is InChI=1S/C10H20N2O/c1-4-5-9(3)12-10(13)6-8(2)7-11/h4,8-9H,1,5-7,11H2,2-3H3,(H,12,13). The molecular formula is C10H20N2O. The molecule has 0 bridgehead atoms. The molecule has 0 aromatic heterocycles. The number of nitrogens with one attached hydrogen (secondary N) is 1. The van der Waals surface area contributed by atoms with Crippen LogP contribution in [0.4, 0.5) is 0 Å². The quantitative estimate of drug-likeness (QED) is 0.606. The molecule has 0 saturated carbocycles. The molecule has 76 valence electrons. The highest BCUT2D eigenvalue weighted by atomic mass is 16.1. The maximum Gasteiger partial charge on any atom is 0.220 e. The number of nitrogens with two attached hydrogens (primary N) is 1. The van der Waals surface area contributed by atoms with E-state index in [1.165, 1.54) is 0 Å². The van der Waals surface area contributed by atoms with Gasteiger partial charge in [-0.05, 0) is 25.8 Å². The lowest BCUT2D eigenvalue weighted by Gasteiger charge is -2.13. The Bertz CT molecular complexity index is 168. The lowest BCUT2D eigenvalue weighted by atomic mass is 10.1. The van der Waals surface area contributed by atoms with Crippen LogP contribution < -0.4 is 11.1 Å². The number of amides is 1. The van der Waals surface area contributed by atoms with Crippen LogP contribution in [0.15, 0.2) is 12.7 Å². The smallest absolute Gasteiger partial charge is 0.220 e. The summed E-state index contributed by atoms with van der Waals surface area (Å²) in [6, 6.07) is 0.176. The molecule has 0 fully saturated rings. The van der Waals surface area contributed by atoms with E-state index in [1.54, 1.807) is 6.08 Å². The van der Waals surface area contributed by atoms with Crippen molar-refractivity contribution in [3.05, 3.63) is 12.7 Å². The van der Waals surface area contributed by atoms with E-state index in [-0.39, 0.29) is 17.9 Å². The molecule has 0 spiro atoms. The Morgan fingerprint density at radius 2 is 2.23 bits per heavy atom. The van der Waals surface area contributed by atoms with Gasteiger partial charge in [-0.25, -0.2) is 0 Å². The number of carbonyl (C=O) groups is 1. The van der Waals surface area contributed by atoms with Crippen LogP contribution >= 0.6 is 0 Å². The van der Waals surface area contributed by atoms with Gasteiger partial charge in [0.25, 0.3) is 0 Å². The van der Waals surface area contributed by atoms with E-state index < -0.39 is 0 Å². The van der Waals surface area contributed by atoms with Crippen LogP contribution in [-0.2, 0) is 4.79 Å². The molecule has 2 unspecified atom stereocenters. The molecule has 0 heterocycles. The summed E-state index contributed by atoms with van der Waals surface area (Å²) in [5, 5.41) is 2.88. The van der Waals surface area contributed by atoms with E-state index >= 15 is 0 Å².